The van der Waals surface area contributed by atoms with Crippen LogP contribution >= 0.6 is 0 Å². The third kappa shape index (κ3) is 5.08. The maximum atomic E-state index is 6.28. The number of ether oxygens (including phenoxy) is 2. The first kappa shape index (κ1) is 20.0. The number of benzene rings is 2. The second-order valence-electron chi connectivity index (χ2n) is 4.48. The molecule has 0 fully saturated rings. The van der Waals surface area contributed by atoms with Gasteiger partial charge in [0.2, 0.25) is 0 Å². The molecular formula is C19H29NO2. The summed E-state index contributed by atoms with van der Waals surface area (Å²) >= 11 is 0. The fourth-order valence-electron chi connectivity index (χ4n) is 2.07. The van der Waals surface area contributed by atoms with Crippen LogP contribution in [-0.2, 0) is 0 Å². The summed E-state index contributed by atoms with van der Waals surface area (Å²) in [6, 6.07) is 15.7. The minimum absolute atomic E-state index is 0. The van der Waals surface area contributed by atoms with Gasteiger partial charge < -0.3 is 15.2 Å². The molecule has 3 heteroatoms. The van der Waals surface area contributed by atoms with Crippen molar-refractivity contribution in [3.8, 4) is 11.5 Å². The summed E-state index contributed by atoms with van der Waals surface area (Å²) in [5.41, 5.74) is 8.42. The lowest BCUT2D eigenvalue weighted by Crippen LogP contribution is -2.11. The summed E-state index contributed by atoms with van der Waals surface area (Å²) in [6.07, 6.45) is 0. The van der Waals surface area contributed by atoms with Crippen LogP contribution in [0, 0.1) is 0 Å². The molecule has 0 radical (unpaired) electrons. The quantitative estimate of drug-likeness (QED) is 0.833. The van der Waals surface area contributed by atoms with Crippen molar-refractivity contribution in [3.63, 3.8) is 0 Å². The fraction of sp³-hybridized carbons (Fsp3) is 0.368. The summed E-state index contributed by atoms with van der Waals surface area (Å²) in [4.78, 5) is 0. The van der Waals surface area contributed by atoms with Crippen LogP contribution in [0.25, 0.3) is 0 Å². The minimum atomic E-state index is -0.138. The maximum absolute atomic E-state index is 6.28. The third-order valence-corrected chi connectivity index (χ3v) is 3.10. The highest BCUT2D eigenvalue weighted by Crippen LogP contribution is 2.23. The monoisotopic (exact) mass is 303 g/mol. The van der Waals surface area contributed by atoms with Crippen molar-refractivity contribution in [2.45, 2.75) is 34.7 Å². The Bertz CT molecular complexity index is 471. The van der Waals surface area contributed by atoms with E-state index in [1.165, 1.54) is 0 Å². The summed E-state index contributed by atoms with van der Waals surface area (Å²) in [6.45, 7) is 5.29. The summed E-state index contributed by atoms with van der Waals surface area (Å²) in [5.74, 6) is 1.74. The van der Waals surface area contributed by atoms with E-state index in [0.29, 0.717) is 13.2 Å². The molecule has 0 spiro atoms. The zero-order chi connectivity index (χ0) is 14.4. The second-order valence-corrected chi connectivity index (χ2v) is 4.48. The van der Waals surface area contributed by atoms with Gasteiger partial charge in [-0.2, -0.15) is 0 Å². The first-order chi connectivity index (χ1) is 9.74. The van der Waals surface area contributed by atoms with E-state index in [1.807, 2.05) is 62.4 Å². The van der Waals surface area contributed by atoms with Gasteiger partial charge in [0.25, 0.3) is 0 Å². The average Bonchev–Trinajstić information content (AvgIpc) is 2.49. The summed E-state index contributed by atoms with van der Waals surface area (Å²) in [7, 11) is 0. The van der Waals surface area contributed by atoms with E-state index < -0.39 is 0 Å². The zero-order valence-electron chi connectivity index (χ0n) is 12.0. The molecule has 0 aliphatic carbocycles. The largest absolute Gasteiger partial charge is 0.494 e. The molecule has 0 atom stereocenters. The molecular weight excluding hydrogens is 274 g/mol. The Balaban J connectivity index is 0.00000220. The minimum Gasteiger partial charge on any atom is -0.494 e. The first-order valence-corrected chi connectivity index (χ1v) is 6.95. The molecule has 0 amide bonds. The second kappa shape index (κ2) is 9.85. The van der Waals surface area contributed by atoms with Gasteiger partial charge in [-0.05, 0) is 49.2 Å². The molecule has 0 aliphatic heterocycles. The van der Waals surface area contributed by atoms with Gasteiger partial charge in [-0.3, -0.25) is 0 Å². The van der Waals surface area contributed by atoms with E-state index in [2.05, 4.69) is 0 Å². The number of rotatable bonds is 6. The first-order valence-electron chi connectivity index (χ1n) is 6.95. The van der Waals surface area contributed by atoms with Crippen LogP contribution in [0.2, 0.25) is 0 Å². The van der Waals surface area contributed by atoms with Crippen LogP contribution in [0.1, 0.15) is 45.9 Å². The molecule has 0 saturated heterocycles. The van der Waals surface area contributed by atoms with Gasteiger partial charge in [0, 0.05) is 0 Å². The van der Waals surface area contributed by atoms with E-state index >= 15 is 0 Å². The van der Waals surface area contributed by atoms with E-state index in [1.54, 1.807) is 0 Å². The van der Waals surface area contributed by atoms with Gasteiger partial charge in [-0.25, -0.2) is 0 Å². The van der Waals surface area contributed by atoms with E-state index in [-0.39, 0.29) is 20.9 Å². The van der Waals surface area contributed by atoms with Gasteiger partial charge in [-0.1, -0.05) is 39.1 Å². The standard InChI is InChI=1S/C17H21NO2.2CH4/c1-3-19-15-9-5-13(6-10-15)17(18)14-7-11-16(12-8-14)20-4-2;;/h5-12,17H,3-4,18H2,1-2H3;2*1H4. The molecule has 0 bridgehead atoms. The lowest BCUT2D eigenvalue weighted by Gasteiger charge is -2.14. The number of hydrogen-bond donors (Lipinski definition) is 1. The van der Waals surface area contributed by atoms with Gasteiger partial charge in [0.1, 0.15) is 11.5 Å². The van der Waals surface area contributed by atoms with Crippen LogP contribution in [-0.4, -0.2) is 13.2 Å². The molecule has 2 aromatic rings. The molecule has 0 unspecified atom stereocenters. The van der Waals surface area contributed by atoms with Gasteiger partial charge in [0.05, 0.1) is 19.3 Å². The fourth-order valence-corrected chi connectivity index (χ4v) is 2.07. The van der Waals surface area contributed by atoms with Crippen molar-refractivity contribution in [1.82, 2.24) is 0 Å². The van der Waals surface area contributed by atoms with Crippen LogP contribution < -0.4 is 15.2 Å². The highest BCUT2D eigenvalue weighted by Gasteiger charge is 2.09. The van der Waals surface area contributed by atoms with Gasteiger partial charge in [0.15, 0.2) is 0 Å². The molecule has 122 valence electrons. The Morgan fingerprint density at radius 2 is 1.05 bits per heavy atom. The molecule has 0 aromatic heterocycles. The van der Waals surface area contributed by atoms with Crippen LogP contribution in [0.5, 0.6) is 11.5 Å². The average molecular weight is 303 g/mol. The van der Waals surface area contributed by atoms with Crippen molar-refractivity contribution in [1.29, 1.82) is 0 Å². The van der Waals surface area contributed by atoms with E-state index in [9.17, 15) is 0 Å². The Kier molecular flexibility index (Phi) is 8.95. The Hall–Kier alpha value is -2.00. The molecule has 0 aliphatic rings. The van der Waals surface area contributed by atoms with E-state index in [0.717, 1.165) is 22.6 Å². The van der Waals surface area contributed by atoms with Crippen LogP contribution in [0.15, 0.2) is 48.5 Å². The molecule has 2 aromatic carbocycles. The molecule has 3 nitrogen and oxygen atoms in total. The van der Waals surface area contributed by atoms with Crippen molar-refractivity contribution in [2.75, 3.05) is 13.2 Å². The number of hydrogen-bond acceptors (Lipinski definition) is 3. The van der Waals surface area contributed by atoms with Crippen LogP contribution in [0.4, 0.5) is 0 Å². The lowest BCUT2D eigenvalue weighted by molar-refractivity contribution is 0.340. The summed E-state index contributed by atoms with van der Waals surface area (Å²) < 4.78 is 10.9. The van der Waals surface area contributed by atoms with Crippen molar-refractivity contribution in [2.24, 2.45) is 5.73 Å². The van der Waals surface area contributed by atoms with Crippen molar-refractivity contribution < 1.29 is 9.47 Å². The predicted octanol–water partition coefficient (Wildman–Crippen LogP) is 4.80. The molecule has 22 heavy (non-hydrogen) atoms. The normalized spacial score (nSPS) is 9.64. The number of nitrogens with two attached hydrogens (primary N) is 1. The Morgan fingerprint density at radius 1 is 0.727 bits per heavy atom. The Labute approximate surface area is 135 Å². The molecule has 0 saturated carbocycles. The molecule has 2 N–H and O–H groups in total. The summed E-state index contributed by atoms with van der Waals surface area (Å²) in [5, 5.41) is 0. The van der Waals surface area contributed by atoms with Gasteiger partial charge >= 0.3 is 0 Å². The molecule has 2 rings (SSSR count). The zero-order valence-corrected chi connectivity index (χ0v) is 12.0. The van der Waals surface area contributed by atoms with E-state index in [4.69, 9.17) is 15.2 Å². The van der Waals surface area contributed by atoms with Crippen LogP contribution in [0.3, 0.4) is 0 Å². The smallest absolute Gasteiger partial charge is 0.119 e. The van der Waals surface area contributed by atoms with Gasteiger partial charge in [-0.15, -0.1) is 0 Å². The molecule has 0 heterocycles. The predicted molar refractivity (Wildman–Crippen MR) is 94.7 cm³/mol. The topological polar surface area (TPSA) is 44.5 Å². The lowest BCUT2D eigenvalue weighted by atomic mass is 9.99. The van der Waals surface area contributed by atoms with Crippen molar-refractivity contribution in [3.05, 3.63) is 59.7 Å². The third-order valence-electron chi connectivity index (χ3n) is 3.10. The highest BCUT2D eigenvalue weighted by molar-refractivity contribution is 5.37. The highest BCUT2D eigenvalue weighted by atomic mass is 16.5. The maximum Gasteiger partial charge on any atom is 0.119 e. The SMILES string of the molecule is C.C.CCOc1ccc(C(N)c2ccc(OCC)cc2)cc1. The van der Waals surface area contributed by atoms with Crippen molar-refractivity contribution >= 4 is 0 Å². The Morgan fingerprint density at radius 3 is 1.32 bits per heavy atom.